The third-order valence-electron chi connectivity index (χ3n) is 5.81. The Morgan fingerprint density at radius 2 is 1.48 bits per heavy atom. The van der Waals surface area contributed by atoms with Crippen LogP contribution in [0.1, 0.15) is 11.1 Å². The maximum atomic E-state index is 13.2. The lowest BCUT2D eigenvalue weighted by Crippen LogP contribution is -2.54. The van der Waals surface area contributed by atoms with Gasteiger partial charge in [-0.1, -0.05) is 55.1 Å². The summed E-state index contributed by atoms with van der Waals surface area (Å²) in [5, 5.41) is 2.46. The van der Waals surface area contributed by atoms with Crippen molar-refractivity contribution in [2.75, 3.05) is 40.5 Å². The molecule has 0 saturated carbocycles. The molecular formula is C29H37N3O9S. The summed E-state index contributed by atoms with van der Waals surface area (Å²) in [6.45, 7) is 8.32. The Hall–Kier alpha value is -4.20. The SMILES string of the molecule is C=CCOC(=O)N[C@@H](CN(Cc1ccc(OC)cc1)C[C@H](NS(=O)(=O)c1ccc(C)cc1)C(=O)OC)C(=O)OCC=C. The Morgan fingerprint density at radius 1 is 0.881 bits per heavy atom. The Kier molecular flexibility index (Phi) is 13.7. The van der Waals surface area contributed by atoms with E-state index in [1.807, 2.05) is 6.92 Å². The molecule has 2 atom stereocenters. The molecule has 0 saturated heterocycles. The van der Waals surface area contributed by atoms with E-state index < -0.39 is 40.1 Å². The van der Waals surface area contributed by atoms with Crippen molar-refractivity contribution < 1.29 is 41.7 Å². The Bertz CT molecular complexity index is 1310. The summed E-state index contributed by atoms with van der Waals surface area (Å²) in [7, 11) is -1.48. The highest BCUT2D eigenvalue weighted by Gasteiger charge is 2.32. The summed E-state index contributed by atoms with van der Waals surface area (Å²) >= 11 is 0. The molecule has 0 heterocycles. The number of sulfonamides is 1. The number of nitrogens with zero attached hydrogens (tertiary/aromatic N) is 1. The molecule has 0 aliphatic heterocycles. The second-order valence-electron chi connectivity index (χ2n) is 9.06. The Balaban J connectivity index is 2.42. The van der Waals surface area contributed by atoms with Gasteiger partial charge in [-0.3, -0.25) is 9.69 Å². The first-order valence-corrected chi connectivity index (χ1v) is 14.3. The fourth-order valence-electron chi connectivity index (χ4n) is 3.72. The lowest BCUT2D eigenvalue weighted by atomic mass is 10.1. The van der Waals surface area contributed by atoms with E-state index in [0.29, 0.717) is 5.75 Å². The fourth-order valence-corrected chi connectivity index (χ4v) is 4.90. The van der Waals surface area contributed by atoms with Crippen LogP contribution in [0.5, 0.6) is 5.75 Å². The molecule has 2 N–H and O–H groups in total. The van der Waals surface area contributed by atoms with Crippen LogP contribution in [0.15, 0.2) is 78.7 Å². The quantitative estimate of drug-likeness (QED) is 0.157. The average Bonchev–Trinajstić information content (AvgIpc) is 2.98. The predicted octanol–water partition coefficient (Wildman–Crippen LogP) is 2.34. The van der Waals surface area contributed by atoms with E-state index in [4.69, 9.17) is 18.9 Å². The molecule has 42 heavy (non-hydrogen) atoms. The number of aryl methyl sites for hydroxylation is 1. The van der Waals surface area contributed by atoms with Gasteiger partial charge in [0.1, 0.15) is 31.0 Å². The Morgan fingerprint density at radius 3 is 2.05 bits per heavy atom. The molecule has 0 radical (unpaired) electrons. The van der Waals surface area contributed by atoms with Crippen LogP contribution in [-0.2, 0) is 40.4 Å². The van der Waals surface area contributed by atoms with E-state index in [1.165, 1.54) is 31.4 Å². The zero-order chi connectivity index (χ0) is 31.1. The lowest BCUT2D eigenvalue weighted by Gasteiger charge is -2.30. The number of alkyl carbamates (subject to hydrolysis) is 1. The van der Waals surface area contributed by atoms with Crippen molar-refractivity contribution in [2.45, 2.75) is 30.4 Å². The summed E-state index contributed by atoms with van der Waals surface area (Å²) in [5.74, 6) is -1.03. The molecule has 0 spiro atoms. The number of methoxy groups -OCH3 is 2. The Labute approximate surface area is 246 Å². The second-order valence-corrected chi connectivity index (χ2v) is 10.8. The van der Waals surface area contributed by atoms with Gasteiger partial charge >= 0.3 is 18.0 Å². The maximum absolute atomic E-state index is 13.2. The highest BCUT2D eigenvalue weighted by molar-refractivity contribution is 7.89. The summed E-state index contributed by atoms with van der Waals surface area (Å²) in [6, 6.07) is 10.5. The van der Waals surface area contributed by atoms with E-state index in [9.17, 15) is 22.8 Å². The van der Waals surface area contributed by atoms with Gasteiger partial charge < -0.3 is 24.3 Å². The van der Waals surface area contributed by atoms with Crippen LogP contribution in [-0.4, -0.2) is 84.0 Å². The van der Waals surface area contributed by atoms with Crippen molar-refractivity contribution >= 4 is 28.1 Å². The lowest BCUT2D eigenvalue weighted by molar-refractivity contribution is -0.145. The topological polar surface area (TPSA) is 150 Å². The number of nitrogens with one attached hydrogen (secondary N) is 2. The van der Waals surface area contributed by atoms with Crippen molar-refractivity contribution in [2.24, 2.45) is 0 Å². The van der Waals surface area contributed by atoms with E-state index in [0.717, 1.165) is 18.2 Å². The maximum Gasteiger partial charge on any atom is 0.408 e. The standard InChI is InChI=1S/C29H37N3O9S/c1-6-16-40-28(34)25(30-29(35)41-17-7-2)19-32(18-22-10-12-23(38-4)13-11-22)20-26(27(33)39-5)31-42(36,37)24-14-8-21(3)9-15-24/h6-15,25-26,31H,1-2,16-20H2,3-5H3,(H,30,35)/t25-,26-/m0/s1. The molecular weight excluding hydrogens is 566 g/mol. The molecule has 228 valence electrons. The normalized spacial score (nSPS) is 12.5. The van der Waals surface area contributed by atoms with Crippen LogP contribution in [0.4, 0.5) is 4.79 Å². The van der Waals surface area contributed by atoms with Gasteiger partial charge in [0.15, 0.2) is 0 Å². The van der Waals surface area contributed by atoms with Crippen LogP contribution >= 0.6 is 0 Å². The first kappa shape index (κ1) is 34.0. The minimum atomic E-state index is -4.14. The third kappa shape index (κ3) is 11.0. The summed E-state index contributed by atoms with van der Waals surface area (Å²) in [6.07, 6.45) is 1.83. The number of esters is 2. The molecule has 1 amide bonds. The van der Waals surface area contributed by atoms with Crippen molar-refractivity contribution in [3.63, 3.8) is 0 Å². The van der Waals surface area contributed by atoms with Crippen molar-refractivity contribution in [1.82, 2.24) is 14.9 Å². The van der Waals surface area contributed by atoms with Crippen LogP contribution in [0.2, 0.25) is 0 Å². The molecule has 2 aromatic rings. The monoisotopic (exact) mass is 603 g/mol. The number of rotatable bonds is 17. The average molecular weight is 604 g/mol. The summed E-state index contributed by atoms with van der Waals surface area (Å²) in [4.78, 5) is 39.6. The number of benzene rings is 2. The molecule has 13 heteroatoms. The molecule has 2 aromatic carbocycles. The van der Waals surface area contributed by atoms with Crippen molar-refractivity contribution in [3.05, 3.63) is 85.0 Å². The molecule has 0 aliphatic rings. The van der Waals surface area contributed by atoms with Crippen LogP contribution in [0.25, 0.3) is 0 Å². The van der Waals surface area contributed by atoms with Gasteiger partial charge in [0.25, 0.3) is 0 Å². The first-order valence-electron chi connectivity index (χ1n) is 12.9. The van der Waals surface area contributed by atoms with E-state index in [1.54, 1.807) is 41.3 Å². The summed E-state index contributed by atoms with van der Waals surface area (Å²) < 4.78 is 49.0. The number of ether oxygens (including phenoxy) is 4. The molecule has 0 unspecified atom stereocenters. The molecule has 0 aromatic heterocycles. The zero-order valence-electron chi connectivity index (χ0n) is 23.9. The van der Waals surface area contributed by atoms with Crippen molar-refractivity contribution in [1.29, 1.82) is 0 Å². The molecule has 12 nitrogen and oxygen atoms in total. The predicted molar refractivity (Wildman–Crippen MR) is 155 cm³/mol. The molecule has 0 fully saturated rings. The van der Waals surface area contributed by atoms with Gasteiger partial charge in [-0.25, -0.2) is 18.0 Å². The largest absolute Gasteiger partial charge is 0.497 e. The highest BCUT2D eigenvalue weighted by atomic mass is 32.2. The molecule has 0 bridgehead atoms. The second kappa shape index (κ2) is 16.9. The molecule has 0 aliphatic carbocycles. The van der Waals surface area contributed by atoms with E-state index in [-0.39, 0.29) is 37.7 Å². The van der Waals surface area contributed by atoms with E-state index >= 15 is 0 Å². The number of hydrogen-bond donors (Lipinski definition) is 2. The van der Waals surface area contributed by atoms with Gasteiger partial charge in [0.2, 0.25) is 10.0 Å². The number of hydrogen-bond acceptors (Lipinski definition) is 10. The van der Waals surface area contributed by atoms with Gasteiger partial charge in [-0.15, -0.1) is 0 Å². The van der Waals surface area contributed by atoms with Gasteiger partial charge in [-0.2, -0.15) is 4.72 Å². The van der Waals surface area contributed by atoms with Crippen LogP contribution in [0.3, 0.4) is 0 Å². The fraction of sp³-hybridized carbons (Fsp3) is 0.345. The smallest absolute Gasteiger partial charge is 0.408 e. The first-order chi connectivity index (χ1) is 20.0. The van der Waals surface area contributed by atoms with Crippen molar-refractivity contribution in [3.8, 4) is 5.75 Å². The summed E-state index contributed by atoms with van der Waals surface area (Å²) in [5.41, 5.74) is 1.60. The van der Waals surface area contributed by atoms with Crippen LogP contribution < -0.4 is 14.8 Å². The van der Waals surface area contributed by atoms with Crippen LogP contribution in [0, 0.1) is 6.92 Å². The number of carbonyl (C=O) groups excluding carboxylic acids is 3. The zero-order valence-corrected chi connectivity index (χ0v) is 24.7. The minimum absolute atomic E-state index is 0.0405. The van der Waals surface area contributed by atoms with Gasteiger partial charge in [0, 0.05) is 19.6 Å². The minimum Gasteiger partial charge on any atom is -0.497 e. The number of amides is 1. The number of carbonyl (C=O) groups is 3. The molecule has 2 rings (SSSR count). The van der Waals surface area contributed by atoms with Gasteiger partial charge in [-0.05, 0) is 36.8 Å². The highest BCUT2D eigenvalue weighted by Crippen LogP contribution is 2.16. The van der Waals surface area contributed by atoms with E-state index in [2.05, 4.69) is 23.2 Å². The van der Waals surface area contributed by atoms with Gasteiger partial charge in [0.05, 0.1) is 19.1 Å². The third-order valence-corrected chi connectivity index (χ3v) is 7.30.